The normalized spacial score (nSPS) is 11.0. The van der Waals surface area contributed by atoms with Gasteiger partial charge in [0.05, 0.1) is 12.0 Å². The topological polar surface area (TPSA) is 122 Å². The van der Waals surface area contributed by atoms with Gasteiger partial charge in [-0.1, -0.05) is 0 Å². The minimum absolute atomic E-state index is 0.00608. The van der Waals surface area contributed by atoms with Crippen LogP contribution in [0.3, 0.4) is 0 Å². The van der Waals surface area contributed by atoms with Crippen LogP contribution in [0.1, 0.15) is 32.9 Å². The van der Waals surface area contributed by atoms with E-state index in [4.69, 9.17) is 17.0 Å². The highest BCUT2D eigenvalue weighted by atomic mass is 32.2. The molecule has 0 atom stereocenters. The van der Waals surface area contributed by atoms with Crippen LogP contribution < -0.4 is 20.1 Å². The number of sulfonamides is 1. The van der Waals surface area contributed by atoms with Gasteiger partial charge < -0.3 is 10.1 Å². The van der Waals surface area contributed by atoms with Crippen LogP contribution in [-0.2, 0) is 10.0 Å². The Balaban J connectivity index is 1.66. The first-order valence-corrected chi connectivity index (χ1v) is 12.1. The van der Waals surface area contributed by atoms with Crippen molar-refractivity contribution in [3.63, 3.8) is 0 Å². The van der Waals surface area contributed by atoms with Crippen molar-refractivity contribution in [1.29, 1.82) is 0 Å². The first-order chi connectivity index (χ1) is 16.0. The van der Waals surface area contributed by atoms with Crippen LogP contribution in [0.4, 0.5) is 11.6 Å². The molecule has 3 rings (SSSR count). The molecule has 0 fully saturated rings. The number of aryl methyl sites for hydroxylation is 3. The van der Waals surface area contributed by atoms with E-state index in [1.807, 2.05) is 13.8 Å². The van der Waals surface area contributed by atoms with Gasteiger partial charge in [-0.05, 0) is 93.5 Å². The standard InChI is InChI=1S/C23H25N5O4S2/c1-13-10-17(12-20(32-5)16(13)4)21(29)27-23(33)26-18-6-8-19(9-7-18)34(30,31)28-22-24-14(2)11-15(3)25-22/h6-12H,1-5H3,(H,24,25,28)(H2,26,27,29,33). The molecule has 1 heterocycles. The molecule has 0 radical (unpaired) electrons. The Labute approximate surface area is 204 Å². The minimum atomic E-state index is -3.88. The third kappa shape index (κ3) is 6.06. The van der Waals surface area contributed by atoms with Crippen LogP contribution in [0.25, 0.3) is 0 Å². The maximum absolute atomic E-state index is 12.7. The third-order valence-corrected chi connectivity index (χ3v) is 6.51. The van der Waals surface area contributed by atoms with E-state index in [-0.39, 0.29) is 16.0 Å². The number of amides is 1. The Hall–Kier alpha value is -3.57. The predicted octanol–water partition coefficient (Wildman–Crippen LogP) is 3.65. The van der Waals surface area contributed by atoms with E-state index >= 15 is 0 Å². The number of thiocarbonyl (C=S) groups is 1. The first-order valence-electron chi connectivity index (χ1n) is 10.2. The van der Waals surface area contributed by atoms with Crippen molar-refractivity contribution < 1.29 is 17.9 Å². The van der Waals surface area contributed by atoms with Gasteiger partial charge in [0, 0.05) is 22.6 Å². The van der Waals surface area contributed by atoms with Crippen molar-refractivity contribution in [3.8, 4) is 5.75 Å². The number of nitrogens with one attached hydrogen (secondary N) is 3. The Morgan fingerprint density at radius 3 is 2.18 bits per heavy atom. The summed E-state index contributed by atoms with van der Waals surface area (Å²) >= 11 is 5.23. The zero-order chi connectivity index (χ0) is 25.0. The number of rotatable bonds is 6. The molecule has 0 unspecified atom stereocenters. The molecule has 3 aromatic rings. The van der Waals surface area contributed by atoms with E-state index in [1.54, 1.807) is 39.2 Å². The summed E-state index contributed by atoms with van der Waals surface area (Å²) in [4.78, 5) is 20.8. The summed E-state index contributed by atoms with van der Waals surface area (Å²) in [7, 11) is -2.33. The quantitative estimate of drug-likeness (QED) is 0.440. The fourth-order valence-corrected chi connectivity index (χ4v) is 4.33. The predicted molar refractivity (Wildman–Crippen MR) is 135 cm³/mol. The van der Waals surface area contributed by atoms with Gasteiger partial charge in [-0.3, -0.25) is 10.1 Å². The second-order valence-corrected chi connectivity index (χ2v) is 9.72. The lowest BCUT2D eigenvalue weighted by Crippen LogP contribution is -2.34. The van der Waals surface area contributed by atoms with Crippen LogP contribution >= 0.6 is 12.2 Å². The Morgan fingerprint density at radius 2 is 1.59 bits per heavy atom. The summed E-state index contributed by atoms with van der Waals surface area (Å²) < 4.78 is 33.0. The van der Waals surface area contributed by atoms with Crippen LogP contribution in [0.2, 0.25) is 0 Å². The number of nitrogens with zero attached hydrogens (tertiary/aromatic N) is 2. The molecule has 1 aromatic heterocycles. The van der Waals surface area contributed by atoms with E-state index < -0.39 is 15.9 Å². The van der Waals surface area contributed by atoms with Gasteiger partial charge >= 0.3 is 0 Å². The van der Waals surface area contributed by atoms with Gasteiger partial charge in [-0.25, -0.2) is 23.1 Å². The van der Waals surface area contributed by atoms with Crippen LogP contribution in [-0.4, -0.2) is 36.5 Å². The maximum atomic E-state index is 12.7. The molecule has 178 valence electrons. The van der Waals surface area contributed by atoms with E-state index in [9.17, 15) is 13.2 Å². The van der Waals surface area contributed by atoms with Crippen molar-refractivity contribution in [3.05, 3.63) is 70.5 Å². The second kappa shape index (κ2) is 10.1. The van der Waals surface area contributed by atoms with Gasteiger partial charge in [0.25, 0.3) is 15.9 Å². The van der Waals surface area contributed by atoms with E-state index in [0.717, 1.165) is 11.1 Å². The molecule has 11 heteroatoms. The number of carbonyl (C=O) groups is 1. The number of benzene rings is 2. The van der Waals surface area contributed by atoms with Crippen molar-refractivity contribution >= 4 is 44.9 Å². The number of carbonyl (C=O) groups excluding carboxylic acids is 1. The lowest BCUT2D eigenvalue weighted by molar-refractivity contribution is 0.0977. The number of methoxy groups -OCH3 is 1. The molecule has 3 N–H and O–H groups in total. The Bertz CT molecular complexity index is 1340. The van der Waals surface area contributed by atoms with Crippen molar-refractivity contribution in [2.75, 3.05) is 17.1 Å². The molecule has 0 saturated heterocycles. The second-order valence-electron chi connectivity index (χ2n) is 7.63. The van der Waals surface area contributed by atoms with Gasteiger partial charge in [0.1, 0.15) is 5.75 Å². The van der Waals surface area contributed by atoms with Crippen molar-refractivity contribution in [1.82, 2.24) is 15.3 Å². The molecule has 0 saturated carbocycles. The largest absolute Gasteiger partial charge is 0.496 e. The summed E-state index contributed by atoms with van der Waals surface area (Å²) in [5.74, 6) is 0.225. The van der Waals surface area contributed by atoms with Crippen LogP contribution in [0.5, 0.6) is 5.75 Å². The number of hydrogen-bond donors (Lipinski definition) is 3. The SMILES string of the molecule is COc1cc(C(=O)NC(=S)Nc2ccc(S(=O)(=O)Nc3nc(C)cc(C)n3)cc2)cc(C)c1C. The average Bonchev–Trinajstić information content (AvgIpc) is 2.74. The number of aromatic nitrogens is 2. The molecule has 0 aliphatic rings. The molecule has 0 spiro atoms. The molecule has 9 nitrogen and oxygen atoms in total. The van der Waals surface area contributed by atoms with E-state index in [0.29, 0.717) is 28.4 Å². The summed E-state index contributed by atoms with van der Waals surface area (Å²) in [6.07, 6.45) is 0. The summed E-state index contributed by atoms with van der Waals surface area (Å²) in [6.45, 7) is 7.31. The summed E-state index contributed by atoms with van der Waals surface area (Å²) in [5, 5.41) is 5.55. The fourth-order valence-electron chi connectivity index (χ4n) is 3.18. The van der Waals surface area contributed by atoms with Crippen molar-refractivity contribution in [2.45, 2.75) is 32.6 Å². The lowest BCUT2D eigenvalue weighted by Gasteiger charge is -2.13. The molecule has 0 aliphatic carbocycles. The zero-order valence-electron chi connectivity index (χ0n) is 19.4. The van der Waals surface area contributed by atoms with Gasteiger partial charge in [0.2, 0.25) is 5.95 Å². The molecule has 0 aliphatic heterocycles. The van der Waals surface area contributed by atoms with Crippen molar-refractivity contribution in [2.24, 2.45) is 0 Å². The maximum Gasteiger partial charge on any atom is 0.264 e. The third-order valence-electron chi connectivity index (χ3n) is 4.96. The highest BCUT2D eigenvalue weighted by Crippen LogP contribution is 2.23. The molecule has 34 heavy (non-hydrogen) atoms. The molecule has 0 bridgehead atoms. The van der Waals surface area contributed by atoms with Gasteiger partial charge in [-0.2, -0.15) is 0 Å². The smallest absolute Gasteiger partial charge is 0.264 e. The zero-order valence-corrected chi connectivity index (χ0v) is 21.0. The first kappa shape index (κ1) is 25.1. The van der Waals surface area contributed by atoms with Gasteiger partial charge in [-0.15, -0.1) is 0 Å². The molecular weight excluding hydrogens is 474 g/mol. The summed E-state index contributed by atoms with van der Waals surface area (Å²) in [6, 6.07) is 11.0. The molecular formula is C23H25N5O4S2. The minimum Gasteiger partial charge on any atom is -0.496 e. The Kier molecular flexibility index (Phi) is 7.48. The highest BCUT2D eigenvalue weighted by molar-refractivity contribution is 7.92. The molecule has 2 aromatic carbocycles. The fraction of sp³-hybridized carbons (Fsp3) is 0.217. The number of anilines is 2. The monoisotopic (exact) mass is 499 g/mol. The van der Waals surface area contributed by atoms with Crippen LogP contribution in [0.15, 0.2) is 47.4 Å². The summed E-state index contributed by atoms with van der Waals surface area (Å²) in [5.41, 5.74) is 4.09. The average molecular weight is 500 g/mol. The lowest BCUT2D eigenvalue weighted by atomic mass is 10.0. The highest BCUT2D eigenvalue weighted by Gasteiger charge is 2.17. The van der Waals surface area contributed by atoms with Gasteiger partial charge in [0.15, 0.2) is 5.11 Å². The van der Waals surface area contributed by atoms with Crippen LogP contribution in [0, 0.1) is 27.7 Å². The number of hydrogen-bond acceptors (Lipinski definition) is 7. The Morgan fingerprint density at radius 1 is 0.971 bits per heavy atom. The van der Waals surface area contributed by atoms with E-state index in [1.165, 1.54) is 24.3 Å². The number of ether oxygens (including phenoxy) is 1. The van der Waals surface area contributed by atoms with E-state index in [2.05, 4.69) is 25.3 Å². The molecule has 1 amide bonds.